The van der Waals surface area contributed by atoms with Gasteiger partial charge in [0, 0.05) is 24.1 Å². The van der Waals surface area contributed by atoms with Crippen molar-refractivity contribution < 1.29 is 9.90 Å². The van der Waals surface area contributed by atoms with E-state index in [1.54, 1.807) is 23.1 Å². The number of phenols is 1. The van der Waals surface area contributed by atoms with E-state index in [1.807, 2.05) is 0 Å². The first-order valence-corrected chi connectivity index (χ1v) is 6.46. The monoisotopic (exact) mass is 298 g/mol. The molecule has 0 radical (unpaired) electrons. The lowest BCUT2D eigenvalue weighted by molar-refractivity contribution is 0.0763. The second kappa shape index (κ2) is 5.51. The first-order valence-electron chi connectivity index (χ1n) is 5.67. The zero-order chi connectivity index (χ0) is 12.3. The van der Waals surface area contributed by atoms with Crippen LogP contribution >= 0.6 is 15.9 Å². The van der Waals surface area contributed by atoms with E-state index < -0.39 is 0 Å². The molecule has 0 aromatic heterocycles. The smallest absolute Gasteiger partial charge is 0.257 e. The van der Waals surface area contributed by atoms with Gasteiger partial charge in [-0.05, 0) is 31.2 Å². The number of nitrogens with one attached hydrogen (secondary N) is 1. The quantitative estimate of drug-likeness (QED) is 0.828. The van der Waals surface area contributed by atoms with Gasteiger partial charge >= 0.3 is 0 Å². The van der Waals surface area contributed by atoms with Crippen LogP contribution in [0, 0.1) is 0 Å². The Balaban J connectivity index is 2.17. The van der Waals surface area contributed by atoms with Gasteiger partial charge in [-0.25, -0.2) is 0 Å². The minimum Gasteiger partial charge on any atom is -0.507 e. The van der Waals surface area contributed by atoms with E-state index in [9.17, 15) is 9.90 Å². The van der Waals surface area contributed by atoms with Crippen molar-refractivity contribution in [2.45, 2.75) is 6.42 Å². The summed E-state index contributed by atoms with van der Waals surface area (Å²) < 4.78 is 0.768. The maximum atomic E-state index is 12.2. The van der Waals surface area contributed by atoms with Gasteiger partial charge in [-0.1, -0.05) is 15.9 Å². The SMILES string of the molecule is O=C(c1ccc(Br)cc1O)N1CCCNCC1. The topological polar surface area (TPSA) is 52.6 Å². The molecule has 1 aliphatic heterocycles. The molecule has 0 atom stereocenters. The Morgan fingerprint density at radius 2 is 2.18 bits per heavy atom. The van der Waals surface area contributed by atoms with Gasteiger partial charge in [-0.2, -0.15) is 0 Å². The van der Waals surface area contributed by atoms with Crippen molar-refractivity contribution >= 4 is 21.8 Å². The summed E-state index contributed by atoms with van der Waals surface area (Å²) in [6.07, 6.45) is 0.947. The summed E-state index contributed by atoms with van der Waals surface area (Å²) in [6.45, 7) is 3.18. The predicted octanol–water partition coefficient (Wildman–Crippen LogP) is 1.59. The van der Waals surface area contributed by atoms with Crippen LogP contribution in [0.4, 0.5) is 0 Å². The van der Waals surface area contributed by atoms with Crippen LogP contribution in [0.1, 0.15) is 16.8 Å². The predicted molar refractivity (Wildman–Crippen MR) is 69.2 cm³/mol. The summed E-state index contributed by atoms with van der Waals surface area (Å²) in [5.41, 5.74) is 0.370. The molecule has 2 N–H and O–H groups in total. The first-order chi connectivity index (χ1) is 8.18. The highest BCUT2D eigenvalue weighted by Gasteiger charge is 2.19. The van der Waals surface area contributed by atoms with Crippen LogP contribution in [0.5, 0.6) is 5.75 Å². The summed E-state index contributed by atoms with van der Waals surface area (Å²) in [5.74, 6) is -0.0692. The lowest BCUT2D eigenvalue weighted by Gasteiger charge is -2.20. The molecular weight excluding hydrogens is 284 g/mol. The molecule has 92 valence electrons. The molecular formula is C12H15BrN2O2. The third-order valence-electron chi connectivity index (χ3n) is 2.82. The molecule has 0 spiro atoms. The minimum absolute atomic E-state index is 0.0292. The number of rotatable bonds is 1. The van der Waals surface area contributed by atoms with Gasteiger partial charge in [-0.15, -0.1) is 0 Å². The van der Waals surface area contributed by atoms with E-state index in [2.05, 4.69) is 21.2 Å². The number of aromatic hydroxyl groups is 1. The molecule has 0 saturated carbocycles. The van der Waals surface area contributed by atoms with Crippen molar-refractivity contribution in [1.82, 2.24) is 10.2 Å². The van der Waals surface area contributed by atoms with Crippen LogP contribution in [-0.2, 0) is 0 Å². The number of benzene rings is 1. The lowest BCUT2D eigenvalue weighted by atomic mass is 10.1. The second-order valence-electron chi connectivity index (χ2n) is 4.06. The van der Waals surface area contributed by atoms with E-state index in [-0.39, 0.29) is 11.7 Å². The summed E-state index contributed by atoms with van der Waals surface area (Å²) in [4.78, 5) is 14.0. The molecule has 1 fully saturated rings. The van der Waals surface area contributed by atoms with E-state index in [4.69, 9.17) is 0 Å². The van der Waals surface area contributed by atoms with Crippen LogP contribution < -0.4 is 5.32 Å². The molecule has 0 aliphatic carbocycles. The van der Waals surface area contributed by atoms with E-state index in [1.165, 1.54) is 0 Å². The third kappa shape index (κ3) is 2.98. The number of hydrogen-bond donors (Lipinski definition) is 2. The average Bonchev–Trinajstić information content (AvgIpc) is 2.56. The van der Waals surface area contributed by atoms with Crippen LogP contribution in [0.25, 0.3) is 0 Å². The number of phenolic OH excluding ortho intramolecular Hbond substituents is 1. The molecule has 2 rings (SSSR count). The summed E-state index contributed by atoms with van der Waals surface area (Å²) >= 11 is 3.26. The maximum absolute atomic E-state index is 12.2. The number of carbonyl (C=O) groups excluding carboxylic acids is 1. The van der Waals surface area contributed by atoms with Gasteiger partial charge in [0.05, 0.1) is 5.56 Å². The molecule has 1 aromatic rings. The van der Waals surface area contributed by atoms with E-state index in [0.717, 1.165) is 30.5 Å². The normalized spacial score (nSPS) is 16.6. The molecule has 1 heterocycles. The first kappa shape index (κ1) is 12.4. The average molecular weight is 299 g/mol. The van der Waals surface area contributed by atoms with Crippen LogP contribution in [0.3, 0.4) is 0 Å². The largest absolute Gasteiger partial charge is 0.507 e. The Bertz CT molecular complexity index is 415. The Kier molecular flexibility index (Phi) is 4.02. The van der Waals surface area contributed by atoms with Gasteiger partial charge in [0.1, 0.15) is 5.75 Å². The van der Waals surface area contributed by atoms with E-state index in [0.29, 0.717) is 12.1 Å². The molecule has 17 heavy (non-hydrogen) atoms. The van der Waals surface area contributed by atoms with Gasteiger partial charge in [0.25, 0.3) is 5.91 Å². The molecule has 4 nitrogen and oxygen atoms in total. The minimum atomic E-state index is -0.0984. The molecule has 0 bridgehead atoms. The van der Waals surface area contributed by atoms with E-state index >= 15 is 0 Å². The zero-order valence-corrected chi connectivity index (χ0v) is 11.0. The van der Waals surface area contributed by atoms with Crippen LogP contribution in [-0.4, -0.2) is 42.1 Å². The summed E-state index contributed by atoms with van der Waals surface area (Å²) in [7, 11) is 0. The number of hydrogen-bond acceptors (Lipinski definition) is 3. The van der Waals surface area contributed by atoms with Crippen molar-refractivity contribution in [2.24, 2.45) is 0 Å². The Hall–Kier alpha value is -1.07. The molecule has 1 saturated heterocycles. The highest BCUT2D eigenvalue weighted by molar-refractivity contribution is 9.10. The molecule has 0 unspecified atom stereocenters. The molecule has 1 aromatic carbocycles. The number of halogens is 1. The van der Waals surface area contributed by atoms with Gasteiger partial charge in [0.15, 0.2) is 0 Å². The fraction of sp³-hybridized carbons (Fsp3) is 0.417. The standard InChI is InChI=1S/C12H15BrN2O2/c13-9-2-3-10(11(16)8-9)12(17)15-6-1-4-14-5-7-15/h2-3,8,14,16H,1,4-7H2. The fourth-order valence-electron chi connectivity index (χ4n) is 1.90. The Morgan fingerprint density at radius 1 is 1.35 bits per heavy atom. The van der Waals surface area contributed by atoms with Crippen molar-refractivity contribution in [2.75, 3.05) is 26.2 Å². The Labute approximate surface area is 109 Å². The van der Waals surface area contributed by atoms with Crippen LogP contribution in [0.2, 0.25) is 0 Å². The summed E-state index contributed by atoms with van der Waals surface area (Å²) in [6, 6.07) is 4.96. The van der Waals surface area contributed by atoms with Gasteiger partial charge in [-0.3, -0.25) is 4.79 Å². The van der Waals surface area contributed by atoms with Crippen molar-refractivity contribution in [1.29, 1.82) is 0 Å². The molecule has 1 amide bonds. The number of carbonyl (C=O) groups is 1. The fourth-order valence-corrected chi connectivity index (χ4v) is 2.25. The maximum Gasteiger partial charge on any atom is 0.257 e. The number of amides is 1. The zero-order valence-electron chi connectivity index (χ0n) is 9.45. The summed E-state index contributed by atoms with van der Waals surface area (Å²) in [5, 5.41) is 13.0. The van der Waals surface area contributed by atoms with Crippen molar-refractivity contribution in [3.63, 3.8) is 0 Å². The third-order valence-corrected chi connectivity index (χ3v) is 3.31. The molecule has 5 heteroatoms. The van der Waals surface area contributed by atoms with Gasteiger partial charge < -0.3 is 15.3 Å². The van der Waals surface area contributed by atoms with Crippen LogP contribution in [0.15, 0.2) is 22.7 Å². The highest BCUT2D eigenvalue weighted by atomic mass is 79.9. The Morgan fingerprint density at radius 3 is 2.94 bits per heavy atom. The second-order valence-corrected chi connectivity index (χ2v) is 4.97. The lowest BCUT2D eigenvalue weighted by Crippen LogP contribution is -2.34. The van der Waals surface area contributed by atoms with Crippen molar-refractivity contribution in [3.8, 4) is 5.75 Å². The van der Waals surface area contributed by atoms with Gasteiger partial charge in [0.2, 0.25) is 0 Å². The highest BCUT2D eigenvalue weighted by Crippen LogP contribution is 2.23. The van der Waals surface area contributed by atoms with Crippen molar-refractivity contribution in [3.05, 3.63) is 28.2 Å². The number of nitrogens with zero attached hydrogens (tertiary/aromatic N) is 1. The molecule has 1 aliphatic rings.